The van der Waals surface area contributed by atoms with E-state index in [1.807, 2.05) is 0 Å². The molecule has 7 heteroatoms. The number of carboxylic acids is 1. The van der Waals surface area contributed by atoms with Crippen molar-refractivity contribution in [1.29, 1.82) is 0 Å². The Labute approximate surface area is 93.9 Å². The van der Waals surface area contributed by atoms with E-state index in [1.165, 1.54) is 0 Å². The molecule has 2 atom stereocenters. The molecule has 3 N–H and O–H groups in total. The van der Waals surface area contributed by atoms with Crippen LogP contribution in [0.25, 0.3) is 0 Å². The van der Waals surface area contributed by atoms with Crippen molar-refractivity contribution in [2.24, 2.45) is 0 Å². The molecule has 5 nitrogen and oxygen atoms in total. The molecule has 92 valence electrons. The Morgan fingerprint density at radius 3 is 2.35 bits per heavy atom. The lowest BCUT2D eigenvalue weighted by Gasteiger charge is -2.15. The minimum atomic E-state index is -2.27. The highest BCUT2D eigenvalue weighted by Gasteiger charge is 2.29. The van der Waals surface area contributed by atoms with Gasteiger partial charge in [0, 0.05) is 5.56 Å². The van der Waals surface area contributed by atoms with Crippen LogP contribution in [0.2, 0.25) is 0 Å². The van der Waals surface area contributed by atoms with Gasteiger partial charge in [0.15, 0.2) is 12.4 Å². The van der Waals surface area contributed by atoms with Crippen molar-refractivity contribution >= 4 is 12.3 Å². The van der Waals surface area contributed by atoms with Crippen LogP contribution in [0.1, 0.15) is 22.0 Å². The molecule has 1 aromatic rings. The van der Waals surface area contributed by atoms with Crippen LogP contribution < -0.4 is 0 Å². The molecule has 0 spiro atoms. The van der Waals surface area contributed by atoms with Gasteiger partial charge in [-0.3, -0.25) is 4.79 Å². The third-order valence-electron chi connectivity index (χ3n) is 2.15. The van der Waals surface area contributed by atoms with E-state index in [9.17, 15) is 23.5 Å². The SMILES string of the molecule is O=Cc1c(F)ccc(C(O)C(O)C(=O)O)c1F. The highest BCUT2D eigenvalue weighted by molar-refractivity contribution is 5.77. The van der Waals surface area contributed by atoms with Gasteiger partial charge in [-0.15, -0.1) is 0 Å². The van der Waals surface area contributed by atoms with Gasteiger partial charge in [-0.25, -0.2) is 13.6 Å². The average Bonchev–Trinajstić information content (AvgIpc) is 2.28. The van der Waals surface area contributed by atoms with Crippen molar-refractivity contribution in [2.75, 3.05) is 0 Å². The minimum absolute atomic E-state index is 0.103. The first-order valence-corrected chi connectivity index (χ1v) is 4.42. The second-order valence-electron chi connectivity index (χ2n) is 3.21. The fourth-order valence-electron chi connectivity index (χ4n) is 1.23. The molecular weight excluding hydrogens is 238 g/mol. The highest BCUT2D eigenvalue weighted by Crippen LogP contribution is 2.23. The number of benzene rings is 1. The van der Waals surface area contributed by atoms with Crippen LogP contribution in [0.5, 0.6) is 0 Å². The van der Waals surface area contributed by atoms with Gasteiger partial charge in [0.05, 0.1) is 5.56 Å². The lowest BCUT2D eigenvalue weighted by molar-refractivity contribution is -0.153. The molecule has 0 saturated heterocycles. The maximum absolute atomic E-state index is 13.5. The minimum Gasteiger partial charge on any atom is -0.479 e. The molecule has 0 aromatic heterocycles. The molecule has 1 aromatic carbocycles. The molecule has 1 rings (SSSR count). The largest absolute Gasteiger partial charge is 0.479 e. The lowest BCUT2D eigenvalue weighted by atomic mass is 10.0. The number of hydrogen-bond donors (Lipinski definition) is 3. The summed E-state index contributed by atoms with van der Waals surface area (Å²) in [7, 11) is 0. The molecule has 17 heavy (non-hydrogen) atoms. The number of aliphatic hydroxyl groups excluding tert-OH is 2. The topological polar surface area (TPSA) is 94.8 Å². The number of halogens is 2. The molecule has 0 fully saturated rings. The van der Waals surface area contributed by atoms with Gasteiger partial charge in [-0.2, -0.15) is 0 Å². The van der Waals surface area contributed by atoms with Crippen LogP contribution in [0.15, 0.2) is 12.1 Å². The maximum atomic E-state index is 13.5. The standard InChI is InChI=1S/C10H8F2O5/c11-6-2-1-4(7(12)5(6)3-13)8(14)9(15)10(16)17/h1-3,8-9,14-15H,(H,16,17). The van der Waals surface area contributed by atoms with Gasteiger partial charge in [0.25, 0.3) is 0 Å². The zero-order chi connectivity index (χ0) is 13.2. The predicted molar refractivity (Wildman–Crippen MR) is 50.3 cm³/mol. The van der Waals surface area contributed by atoms with Gasteiger partial charge in [-0.05, 0) is 6.07 Å². The monoisotopic (exact) mass is 246 g/mol. The fourth-order valence-corrected chi connectivity index (χ4v) is 1.23. The number of aliphatic carboxylic acids is 1. The Hall–Kier alpha value is -1.86. The zero-order valence-corrected chi connectivity index (χ0v) is 8.30. The Bertz CT molecular complexity index is 460. The number of hydrogen-bond acceptors (Lipinski definition) is 4. The van der Waals surface area contributed by atoms with Crippen LogP contribution in [-0.2, 0) is 4.79 Å². The maximum Gasteiger partial charge on any atom is 0.335 e. The number of aliphatic hydroxyl groups is 2. The van der Waals surface area contributed by atoms with Gasteiger partial charge in [0.1, 0.15) is 17.7 Å². The molecular formula is C10H8F2O5. The van der Waals surface area contributed by atoms with Crippen molar-refractivity contribution in [3.63, 3.8) is 0 Å². The number of aldehydes is 1. The third-order valence-corrected chi connectivity index (χ3v) is 2.15. The first-order valence-electron chi connectivity index (χ1n) is 4.42. The van der Waals surface area contributed by atoms with Crippen LogP contribution in [0.4, 0.5) is 8.78 Å². The molecule has 0 saturated carbocycles. The van der Waals surface area contributed by atoms with Crippen LogP contribution in [0, 0.1) is 11.6 Å². The number of carbonyl (C=O) groups is 2. The number of rotatable bonds is 4. The molecule has 0 heterocycles. The van der Waals surface area contributed by atoms with E-state index in [0.717, 1.165) is 6.07 Å². The first-order chi connectivity index (χ1) is 7.90. The Kier molecular flexibility index (Phi) is 3.87. The molecule has 0 amide bonds. The summed E-state index contributed by atoms with van der Waals surface area (Å²) in [5, 5.41) is 26.8. The molecule has 0 aliphatic carbocycles. The average molecular weight is 246 g/mol. The normalized spacial score (nSPS) is 14.1. The van der Waals surface area contributed by atoms with E-state index in [-0.39, 0.29) is 6.29 Å². The second-order valence-corrected chi connectivity index (χ2v) is 3.21. The summed E-state index contributed by atoms with van der Waals surface area (Å²) in [4.78, 5) is 20.8. The van der Waals surface area contributed by atoms with Crippen LogP contribution >= 0.6 is 0 Å². The lowest BCUT2D eigenvalue weighted by Crippen LogP contribution is -2.28. The molecule has 0 radical (unpaired) electrons. The van der Waals surface area contributed by atoms with Crippen molar-refractivity contribution in [3.05, 3.63) is 34.9 Å². The van der Waals surface area contributed by atoms with E-state index in [2.05, 4.69) is 0 Å². The van der Waals surface area contributed by atoms with E-state index < -0.39 is 40.9 Å². The Morgan fingerprint density at radius 2 is 1.88 bits per heavy atom. The summed E-state index contributed by atoms with van der Waals surface area (Å²) in [6, 6.07) is 1.45. The van der Waals surface area contributed by atoms with Crippen LogP contribution in [-0.4, -0.2) is 33.7 Å². The van der Waals surface area contributed by atoms with E-state index in [1.54, 1.807) is 0 Å². The van der Waals surface area contributed by atoms with Crippen molar-refractivity contribution in [2.45, 2.75) is 12.2 Å². The van der Waals surface area contributed by atoms with Gasteiger partial charge < -0.3 is 15.3 Å². The quantitative estimate of drug-likeness (QED) is 0.662. The summed E-state index contributed by atoms with van der Waals surface area (Å²) in [6.07, 6.45) is -4.46. The molecule has 0 aliphatic heterocycles. The van der Waals surface area contributed by atoms with Crippen molar-refractivity contribution in [3.8, 4) is 0 Å². The summed E-state index contributed by atoms with van der Waals surface area (Å²) in [5.41, 5.74) is -1.59. The Balaban J connectivity index is 3.24. The van der Waals surface area contributed by atoms with Crippen LogP contribution in [0.3, 0.4) is 0 Å². The number of carbonyl (C=O) groups excluding carboxylic acids is 1. The van der Waals surface area contributed by atoms with E-state index in [0.29, 0.717) is 6.07 Å². The predicted octanol–water partition coefficient (Wildman–Crippen LogP) is 0.256. The van der Waals surface area contributed by atoms with E-state index in [4.69, 9.17) is 10.2 Å². The van der Waals surface area contributed by atoms with E-state index >= 15 is 0 Å². The summed E-state index contributed by atoms with van der Waals surface area (Å²) < 4.78 is 26.4. The second kappa shape index (κ2) is 4.98. The smallest absolute Gasteiger partial charge is 0.335 e. The van der Waals surface area contributed by atoms with Gasteiger partial charge in [-0.1, -0.05) is 6.07 Å². The Morgan fingerprint density at radius 1 is 1.29 bits per heavy atom. The number of carboxylic acid groups (broad SMARTS) is 1. The molecule has 0 aliphatic rings. The van der Waals surface area contributed by atoms with Crippen molar-refractivity contribution in [1.82, 2.24) is 0 Å². The third kappa shape index (κ3) is 2.45. The summed E-state index contributed by atoms with van der Waals surface area (Å²) in [6.45, 7) is 0. The van der Waals surface area contributed by atoms with Gasteiger partial charge >= 0.3 is 5.97 Å². The summed E-state index contributed by atoms with van der Waals surface area (Å²) in [5.74, 6) is -4.31. The summed E-state index contributed by atoms with van der Waals surface area (Å²) >= 11 is 0. The molecule has 2 unspecified atom stereocenters. The zero-order valence-electron chi connectivity index (χ0n) is 8.30. The molecule has 0 bridgehead atoms. The highest BCUT2D eigenvalue weighted by atomic mass is 19.1. The van der Waals surface area contributed by atoms with Crippen molar-refractivity contribution < 1.29 is 33.7 Å². The fraction of sp³-hybridized carbons (Fsp3) is 0.200. The first kappa shape index (κ1) is 13.2. The van der Waals surface area contributed by atoms with Gasteiger partial charge in [0.2, 0.25) is 0 Å².